The molecule has 3 aromatic rings. The van der Waals surface area contributed by atoms with Gasteiger partial charge in [-0.25, -0.2) is 0 Å². The van der Waals surface area contributed by atoms with E-state index in [0.29, 0.717) is 18.8 Å². The molecule has 4 nitrogen and oxygen atoms in total. The van der Waals surface area contributed by atoms with Crippen LogP contribution in [0.1, 0.15) is 32.9 Å². The third-order valence-electron chi connectivity index (χ3n) is 3.98. The van der Waals surface area contributed by atoms with Crippen molar-refractivity contribution in [1.82, 2.24) is 10.3 Å². The predicted octanol–water partition coefficient (Wildman–Crippen LogP) is 4.14. The molecule has 1 aromatic heterocycles. The van der Waals surface area contributed by atoms with Crippen molar-refractivity contribution in [1.29, 1.82) is 0 Å². The second-order valence-electron chi connectivity index (χ2n) is 6.11. The number of aryl methyl sites for hydroxylation is 2. The second-order valence-corrected chi connectivity index (χ2v) is 6.11. The summed E-state index contributed by atoms with van der Waals surface area (Å²) in [6.45, 7) is 4.85. The smallest absolute Gasteiger partial charge is 0.268 e. The first-order valence-electron chi connectivity index (χ1n) is 8.32. The molecule has 0 saturated carbocycles. The van der Waals surface area contributed by atoms with Crippen molar-refractivity contribution < 1.29 is 9.53 Å². The third-order valence-corrected chi connectivity index (χ3v) is 3.98. The van der Waals surface area contributed by atoms with E-state index in [1.165, 1.54) is 0 Å². The maximum Gasteiger partial charge on any atom is 0.268 e. The number of hydrogen-bond acceptors (Lipinski definition) is 2. The number of aromatic nitrogens is 1. The van der Waals surface area contributed by atoms with Gasteiger partial charge in [-0.1, -0.05) is 42.5 Å². The molecule has 0 unspecified atom stereocenters. The Morgan fingerprint density at radius 1 is 1.00 bits per heavy atom. The van der Waals surface area contributed by atoms with Gasteiger partial charge in [0.05, 0.1) is 0 Å². The van der Waals surface area contributed by atoms with Crippen molar-refractivity contribution in [2.24, 2.45) is 0 Å². The Bertz CT molecular complexity index is 853. The van der Waals surface area contributed by atoms with Crippen LogP contribution in [0, 0.1) is 13.8 Å². The van der Waals surface area contributed by atoms with Crippen LogP contribution in [0.15, 0.2) is 60.7 Å². The molecule has 2 aromatic carbocycles. The van der Waals surface area contributed by atoms with Gasteiger partial charge in [-0.3, -0.25) is 4.79 Å². The molecule has 0 saturated heterocycles. The molecular formula is C21H22N2O2. The van der Waals surface area contributed by atoms with Crippen molar-refractivity contribution in [3.63, 3.8) is 0 Å². The molecule has 0 radical (unpaired) electrons. The summed E-state index contributed by atoms with van der Waals surface area (Å²) in [7, 11) is 0. The van der Waals surface area contributed by atoms with Crippen molar-refractivity contribution in [3.05, 3.63) is 88.7 Å². The fraction of sp³-hybridized carbons (Fsp3) is 0.190. The van der Waals surface area contributed by atoms with Crippen molar-refractivity contribution >= 4 is 5.91 Å². The minimum atomic E-state index is -0.0961. The zero-order valence-corrected chi connectivity index (χ0v) is 14.5. The van der Waals surface area contributed by atoms with Gasteiger partial charge in [0.2, 0.25) is 0 Å². The number of aromatic amines is 1. The summed E-state index contributed by atoms with van der Waals surface area (Å²) in [5.41, 5.74) is 4.68. The monoisotopic (exact) mass is 334 g/mol. The van der Waals surface area contributed by atoms with Gasteiger partial charge in [-0.05, 0) is 48.7 Å². The van der Waals surface area contributed by atoms with Crippen LogP contribution in [-0.2, 0) is 13.2 Å². The highest BCUT2D eigenvalue weighted by atomic mass is 16.5. The summed E-state index contributed by atoms with van der Waals surface area (Å²) in [6.07, 6.45) is 0. The Balaban J connectivity index is 1.58. The van der Waals surface area contributed by atoms with Crippen molar-refractivity contribution in [2.45, 2.75) is 27.0 Å². The normalized spacial score (nSPS) is 10.5. The highest BCUT2D eigenvalue weighted by Gasteiger charge is 2.11. The fourth-order valence-corrected chi connectivity index (χ4v) is 2.72. The van der Waals surface area contributed by atoms with E-state index in [0.717, 1.165) is 28.1 Å². The van der Waals surface area contributed by atoms with Crippen LogP contribution >= 0.6 is 0 Å². The number of carbonyl (C=O) groups excluding carboxylic acids is 1. The average Bonchev–Trinajstić information content (AvgIpc) is 2.97. The first kappa shape index (κ1) is 16.8. The molecule has 2 N–H and O–H groups in total. The Morgan fingerprint density at radius 2 is 1.76 bits per heavy atom. The lowest BCUT2D eigenvalue weighted by molar-refractivity contribution is 0.0945. The number of benzene rings is 2. The SMILES string of the molecule is Cc1cc(C)c(C(=O)NCc2cccc(OCc3ccccc3)c2)[nH]1. The number of nitrogens with one attached hydrogen (secondary N) is 2. The molecular weight excluding hydrogens is 312 g/mol. The predicted molar refractivity (Wildman–Crippen MR) is 98.7 cm³/mol. The van der Waals surface area contributed by atoms with Gasteiger partial charge in [-0.2, -0.15) is 0 Å². The second kappa shape index (κ2) is 7.71. The van der Waals surface area contributed by atoms with E-state index in [2.05, 4.69) is 10.3 Å². The number of carbonyl (C=O) groups is 1. The lowest BCUT2D eigenvalue weighted by Crippen LogP contribution is -2.23. The topological polar surface area (TPSA) is 54.1 Å². The molecule has 0 fully saturated rings. The molecule has 128 valence electrons. The molecule has 0 aliphatic rings. The fourth-order valence-electron chi connectivity index (χ4n) is 2.72. The van der Waals surface area contributed by atoms with E-state index in [1.54, 1.807) is 0 Å². The van der Waals surface area contributed by atoms with Crippen LogP contribution in [0.4, 0.5) is 0 Å². The van der Waals surface area contributed by atoms with Gasteiger partial charge in [0.1, 0.15) is 18.1 Å². The van der Waals surface area contributed by atoms with Crippen LogP contribution in [0.2, 0.25) is 0 Å². The van der Waals surface area contributed by atoms with Gasteiger partial charge in [0, 0.05) is 12.2 Å². The van der Waals surface area contributed by atoms with E-state index in [4.69, 9.17) is 4.74 Å². The number of amides is 1. The molecule has 1 heterocycles. The molecule has 3 rings (SSSR count). The van der Waals surface area contributed by atoms with Crippen LogP contribution < -0.4 is 10.1 Å². The first-order chi connectivity index (χ1) is 12.1. The quantitative estimate of drug-likeness (QED) is 0.712. The molecule has 0 aliphatic carbocycles. The molecule has 1 amide bonds. The van der Waals surface area contributed by atoms with E-state index in [9.17, 15) is 4.79 Å². The highest BCUT2D eigenvalue weighted by molar-refractivity contribution is 5.93. The number of hydrogen-bond donors (Lipinski definition) is 2. The maximum atomic E-state index is 12.3. The molecule has 25 heavy (non-hydrogen) atoms. The molecule has 0 bridgehead atoms. The lowest BCUT2D eigenvalue weighted by atomic mass is 10.2. The highest BCUT2D eigenvalue weighted by Crippen LogP contribution is 2.16. The van der Waals surface area contributed by atoms with E-state index in [-0.39, 0.29) is 5.91 Å². The van der Waals surface area contributed by atoms with Gasteiger partial charge in [-0.15, -0.1) is 0 Å². The maximum absolute atomic E-state index is 12.3. The molecule has 0 atom stereocenters. The standard InChI is InChI=1S/C21H22N2O2/c1-15-11-16(2)23-20(15)21(24)22-13-18-9-6-10-19(12-18)25-14-17-7-4-3-5-8-17/h3-12,23H,13-14H2,1-2H3,(H,22,24). The van der Waals surface area contributed by atoms with E-state index in [1.807, 2.05) is 74.5 Å². The van der Waals surface area contributed by atoms with Crippen molar-refractivity contribution in [2.75, 3.05) is 0 Å². The minimum Gasteiger partial charge on any atom is -0.489 e. The van der Waals surface area contributed by atoms with Crippen LogP contribution in [0.3, 0.4) is 0 Å². The number of H-pyrrole nitrogens is 1. The Labute approximate surface area is 147 Å². The zero-order valence-electron chi connectivity index (χ0n) is 14.5. The first-order valence-corrected chi connectivity index (χ1v) is 8.32. The van der Waals surface area contributed by atoms with Gasteiger partial charge in [0.25, 0.3) is 5.91 Å². The summed E-state index contributed by atoms with van der Waals surface area (Å²) in [5, 5.41) is 2.94. The zero-order chi connectivity index (χ0) is 17.6. The summed E-state index contributed by atoms with van der Waals surface area (Å²) in [4.78, 5) is 15.4. The molecule has 0 aliphatic heterocycles. The number of ether oxygens (including phenoxy) is 1. The number of rotatable bonds is 6. The van der Waals surface area contributed by atoms with Crippen LogP contribution in [-0.4, -0.2) is 10.9 Å². The Kier molecular flexibility index (Phi) is 5.19. The average molecular weight is 334 g/mol. The largest absolute Gasteiger partial charge is 0.489 e. The summed E-state index contributed by atoms with van der Waals surface area (Å²) in [5.74, 6) is 0.698. The van der Waals surface area contributed by atoms with Crippen LogP contribution in [0.25, 0.3) is 0 Å². The van der Waals surface area contributed by atoms with E-state index < -0.39 is 0 Å². The lowest BCUT2D eigenvalue weighted by Gasteiger charge is -2.09. The van der Waals surface area contributed by atoms with E-state index >= 15 is 0 Å². The summed E-state index contributed by atoms with van der Waals surface area (Å²) >= 11 is 0. The summed E-state index contributed by atoms with van der Waals surface area (Å²) in [6, 6.07) is 19.8. The third kappa shape index (κ3) is 4.51. The van der Waals surface area contributed by atoms with Crippen LogP contribution in [0.5, 0.6) is 5.75 Å². The van der Waals surface area contributed by atoms with Gasteiger partial charge >= 0.3 is 0 Å². The van der Waals surface area contributed by atoms with Crippen molar-refractivity contribution in [3.8, 4) is 5.75 Å². The molecule has 0 spiro atoms. The summed E-state index contributed by atoms with van der Waals surface area (Å²) < 4.78 is 5.83. The van der Waals surface area contributed by atoms with Gasteiger partial charge < -0.3 is 15.0 Å². The molecule has 4 heteroatoms. The Morgan fingerprint density at radius 3 is 2.48 bits per heavy atom. The minimum absolute atomic E-state index is 0.0961. The van der Waals surface area contributed by atoms with Gasteiger partial charge in [0.15, 0.2) is 0 Å². The Hall–Kier alpha value is -3.01.